The van der Waals surface area contributed by atoms with Gasteiger partial charge in [0, 0.05) is 6.04 Å². The summed E-state index contributed by atoms with van der Waals surface area (Å²) in [6.45, 7) is 3.13. The van der Waals surface area contributed by atoms with Crippen LogP contribution < -0.4 is 15.4 Å². The summed E-state index contributed by atoms with van der Waals surface area (Å²) >= 11 is 0. The summed E-state index contributed by atoms with van der Waals surface area (Å²) in [6, 6.07) is 5.25. The van der Waals surface area contributed by atoms with Crippen molar-refractivity contribution in [1.29, 1.82) is 0 Å². The highest BCUT2D eigenvalue weighted by molar-refractivity contribution is 6.00. The van der Waals surface area contributed by atoms with Gasteiger partial charge in [-0.05, 0) is 31.5 Å². The first kappa shape index (κ1) is 14.8. The largest absolute Gasteiger partial charge is 0.479 e. The SMILES string of the molecule is CC1Oc2ccc(C(C)N)cc2N(CC(O)CO)C1=O. The van der Waals surface area contributed by atoms with Crippen molar-refractivity contribution in [3.63, 3.8) is 0 Å². The second-order valence-corrected chi connectivity index (χ2v) is 5.06. The van der Waals surface area contributed by atoms with E-state index in [1.165, 1.54) is 4.90 Å². The molecule has 0 saturated carbocycles. The number of fused-ring (bicyclic) bond motifs is 1. The van der Waals surface area contributed by atoms with E-state index < -0.39 is 18.8 Å². The molecule has 0 fully saturated rings. The van der Waals surface area contributed by atoms with E-state index in [4.69, 9.17) is 15.6 Å². The maximum Gasteiger partial charge on any atom is 0.267 e. The molecule has 1 heterocycles. The monoisotopic (exact) mass is 280 g/mol. The van der Waals surface area contributed by atoms with Gasteiger partial charge in [-0.3, -0.25) is 4.79 Å². The maximum absolute atomic E-state index is 12.2. The summed E-state index contributed by atoms with van der Waals surface area (Å²) in [6.07, 6.45) is -1.61. The standard InChI is InChI=1S/C14H20N2O4/c1-8(15)10-3-4-13-12(5-10)16(6-11(18)7-17)14(19)9(2)20-13/h3-5,8-9,11,17-18H,6-7,15H2,1-2H3. The number of hydrogen-bond donors (Lipinski definition) is 3. The first-order chi connectivity index (χ1) is 9.43. The molecule has 6 nitrogen and oxygen atoms in total. The van der Waals surface area contributed by atoms with Crippen LogP contribution in [0.1, 0.15) is 25.5 Å². The molecule has 4 N–H and O–H groups in total. The van der Waals surface area contributed by atoms with Gasteiger partial charge in [-0.15, -0.1) is 0 Å². The van der Waals surface area contributed by atoms with Crippen LogP contribution in [0.2, 0.25) is 0 Å². The minimum atomic E-state index is -0.990. The van der Waals surface area contributed by atoms with Crippen molar-refractivity contribution < 1.29 is 19.7 Å². The molecule has 6 heteroatoms. The molecule has 1 aromatic rings. The maximum atomic E-state index is 12.2. The lowest BCUT2D eigenvalue weighted by atomic mass is 10.1. The minimum absolute atomic E-state index is 0.0262. The summed E-state index contributed by atoms with van der Waals surface area (Å²) in [5.41, 5.74) is 7.30. The van der Waals surface area contributed by atoms with Gasteiger partial charge in [0.2, 0.25) is 0 Å². The number of β-amino-alcohol motifs (C(OH)–C–C–N with tert-alkyl or cyclic N) is 1. The van der Waals surface area contributed by atoms with Gasteiger partial charge >= 0.3 is 0 Å². The van der Waals surface area contributed by atoms with Gasteiger partial charge in [-0.2, -0.15) is 0 Å². The van der Waals surface area contributed by atoms with Crippen molar-refractivity contribution >= 4 is 11.6 Å². The van der Waals surface area contributed by atoms with E-state index in [0.717, 1.165) is 5.56 Å². The first-order valence-corrected chi connectivity index (χ1v) is 6.60. The van der Waals surface area contributed by atoms with Crippen molar-refractivity contribution in [2.24, 2.45) is 5.73 Å². The van der Waals surface area contributed by atoms with Crippen molar-refractivity contribution in [3.8, 4) is 5.75 Å². The lowest BCUT2D eigenvalue weighted by Crippen LogP contribution is -2.48. The summed E-state index contributed by atoms with van der Waals surface area (Å²) in [5.74, 6) is 0.332. The van der Waals surface area contributed by atoms with Crippen LogP contribution in [0.15, 0.2) is 18.2 Å². The number of carbonyl (C=O) groups excluding carboxylic acids is 1. The second-order valence-electron chi connectivity index (χ2n) is 5.06. The number of amides is 1. The number of aliphatic hydroxyl groups is 2. The van der Waals surface area contributed by atoms with Gasteiger partial charge in [-0.1, -0.05) is 6.07 Å². The first-order valence-electron chi connectivity index (χ1n) is 6.60. The molecule has 0 spiro atoms. The Kier molecular flexibility index (Phi) is 4.27. The van der Waals surface area contributed by atoms with Gasteiger partial charge in [0.1, 0.15) is 5.75 Å². The fraction of sp³-hybridized carbons (Fsp3) is 0.500. The summed E-state index contributed by atoms with van der Waals surface area (Å²) < 4.78 is 5.55. The highest BCUT2D eigenvalue weighted by Gasteiger charge is 2.32. The molecule has 2 rings (SSSR count). The van der Waals surface area contributed by atoms with Crippen molar-refractivity contribution in [2.45, 2.75) is 32.1 Å². The zero-order valence-electron chi connectivity index (χ0n) is 11.6. The molecule has 1 aliphatic rings. The third kappa shape index (κ3) is 2.77. The van der Waals surface area contributed by atoms with Crippen LogP contribution in [0, 0.1) is 0 Å². The normalized spacial score (nSPS) is 21.1. The number of rotatable bonds is 4. The number of nitrogens with zero attached hydrogens (tertiary/aromatic N) is 1. The third-order valence-corrected chi connectivity index (χ3v) is 3.32. The molecule has 110 valence electrons. The fourth-order valence-electron chi connectivity index (χ4n) is 2.16. The molecule has 20 heavy (non-hydrogen) atoms. The Morgan fingerprint density at radius 1 is 1.50 bits per heavy atom. The quantitative estimate of drug-likeness (QED) is 0.731. The topological polar surface area (TPSA) is 96.0 Å². The molecule has 1 amide bonds. The number of benzene rings is 1. The molecule has 0 bridgehead atoms. The molecule has 1 aromatic carbocycles. The Hall–Kier alpha value is -1.63. The number of ether oxygens (including phenoxy) is 1. The van der Waals surface area contributed by atoms with Crippen molar-refractivity contribution in [3.05, 3.63) is 23.8 Å². The lowest BCUT2D eigenvalue weighted by Gasteiger charge is -2.34. The van der Waals surface area contributed by atoms with E-state index in [-0.39, 0.29) is 18.5 Å². The van der Waals surface area contributed by atoms with Gasteiger partial charge < -0.3 is 25.6 Å². The number of hydrogen-bond acceptors (Lipinski definition) is 5. The predicted octanol–water partition coefficient (Wildman–Crippen LogP) is 0.173. The van der Waals surface area contributed by atoms with E-state index in [1.807, 2.05) is 13.0 Å². The molecule has 3 unspecified atom stereocenters. The van der Waals surface area contributed by atoms with Crippen LogP contribution in [0.25, 0.3) is 0 Å². The van der Waals surface area contributed by atoms with Crippen LogP contribution in [0.4, 0.5) is 5.69 Å². The molecule has 0 aromatic heterocycles. The smallest absolute Gasteiger partial charge is 0.267 e. The van der Waals surface area contributed by atoms with Gasteiger partial charge in [0.15, 0.2) is 6.10 Å². The Morgan fingerprint density at radius 2 is 2.20 bits per heavy atom. The fourth-order valence-corrected chi connectivity index (χ4v) is 2.16. The van der Waals surface area contributed by atoms with E-state index >= 15 is 0 Å². The number of carbonyl (C=O) groups is 1. The molecule has 0 aliphatic carbocycles. The van der Waals surface area contributed by atoms with E-state index in [1.54, 1.807) is 19.1 Å². The number of anilines is 1. The van der Waals surface area contributed by atoms with E-state index in [0.29, 0.717) is 11.4 Å². The van der Waals surface area contributed by atoms with Crippen LogP contribution in [0.3, 0.4) is 0 Å². The molecule has 3 atom stereocenters. The second kappa shape index (κ2) is 5.78. The predicted molar refractivity (Wildman–Crippen MR) is 74.6 cm³/mol. The van der Waals surface area contributed by atoms with Crippen LogP contribution in [-0.2, 0) is 4.79 Å². The van der Waals surface area contributed by atoms with Gasteiger partial charge in [0.05, 0.1) is 24.9 Å². The van der Waals surface area contributed by atoms with Crippen LogP contribution in [0.5, 0.6) is 5.75 Å². The third-order valence-electron chi connectivity index (χ3n) is 3.32. The van der Waals surface area contributed by atoms with Gasteiger partial charge in [0.25, 0.3) is 5.91 Å². The number of nitrogens with two attached hydrogens (primary N) is 1. The zero-order valence-corrected chi connectivity index (χ0v) is 11.6. The van der Waals surface area contributed by atoms with E-state index in [9.17, 15) is 9.90 Å². The van der Waals surface area contributed by atoms with Crippen LogP contribution in [-0.4, -0.2) is 41.5 Å². The summed E-state index contributed by atoms with van der Waals surface area (Å²) in [4.78, 5) is 13.6. The Balaban J connectivity index is 2.41. The summed E-state index contributed by atoms with van der Waals surface area (Å²) in [7, 11) is 0. The van der Waals surface area contributed by atoms with Crippen LogP contribution >= 0.6 is 0 Å². The number of aliphatic hydroxyl groups excluding tert-OH is 2. The molecular formula is C14H20N2O4. The lowest BCUT2D eigenvalue weighted by molar-refractivity contribution is -0.126. The molecule has 1 aliphatic heterocycles. The van der Waals surface area contributed by atoms with Crippen molar-refractivity contribution in [2.75, 3.05) is 18.1 Å². The highest BCUT2D eigenvalue weighted by Crippen LogP contribution is 2.36. The zero-order chi connectivity index (χ0) is 14.9. The average Bonchev–Trinajstić information content (AvgIpc) is 2.43. The molecule has 0 radical (unpaired) electrons. The van der Waals surface area contributed by atoms with Gasteiger partial charge in [-0.25, -0.2) is 0 Å². The highest BCUT2D eigenvalue weighted by atomic mass is 16.5. The molecule has 0 saturated heterocycles. The summed E-state index contributed by atoms with van der Waals surface area (Å²) in [5, 5.41) is 18.6. The average molecular weight is 280 g/mol. The van der Waals surface area contributed by atoms with E-state index in [2.05, 4.69) is 0 Å². The molecular weight excluding hydrogens is 260 g/mol. The Bertz CT molecular complexity index is 504. The Labute approximate surface area is 117 Å². The minimum Gasteiger partial charge on any atom is -0.479 e. The Morgan fingerprint density at radius 3 is 2.80 bits per heavy atom. The van der Waals surface area contributed by atoms with Crippen molar-refractivity contribution in [1.82, 2.24) is 0 Å².